The normalized spacial score (nSPS) is 24.9. The van der Waals surface area contributed by atoms with E-state index >= 15 is 0 Å². The molecule has 0 radical (unpaired) electrons. The lowest BCUT2D eigenvalue weighted by molar-refractivity contribution is -0.140. The number of piperidine rings is 1. The van der Waals surface area contributed by atoms with Crippen LogP contribution in [-0.4, -0.2) is 38.1 Å². The minimum absolute atomic E-state index is 0.0619. The number of nitrogens with one attached hydrogen (secondary N) is 2. The molecule has 2 fully saturated rings. The predicted octanol–water partition coefficient (Wildman–Crippen LogP) is 3.13. The molecule has 2 aromatic carbocycles. The summed E-state index contributed by atoms with van der Waals surface area (Å²) in [4.78, 5) is 12.0. The van der Waals surface area contributed by atoms with Crippen molar-refractivity contribution in [1.82, 2.24) is 10.0 Å². The molecule has 0 spiro atoms. The van der Waals surface area contributed by atoms with Crippen LogP contribution in [0.25, 0.3) is 11.1 Å². The Labute approximate surface area is 175 Å². The van der Waals surface area contributed by atoms with E-state index in [-0.39, 0.29) is 16.7 Å². The van der Waals surface area contributed by atoms with E-state index in [1.54, 1.807) is 24.3 Å². The zero-order chi connectivity index (χ0) is 20.6. The van der Waals surface area contributed by atoms with E-state index < -0.39 is 21.5 Å². The summed E-state index contributed by atoms with van der Waals surface area (Å²) in [6.07, 6.45) is 2.09. The summed E-state index contributed by atoms with van der Waals surface area (Å²) in [6, 6.07) is 13.7. The maximum absolute atomic E-state index is 12.9. The van der Waals surface area contributed by atoms with E-state index in [2.05, 4.69) is 10.0 Å². The van der Waals surface area contributed by atoms with Crippen molar-refractivity contribution in [2.75, 3.05) is 13.1 Å². The van der Waals surface area contributed by atoms with Crippen molar-refractivity contribution in [2.45, 2.75) is 29.7 Å². The van der Waals surface area contributed by atoms with Gasteiger partial charge in [-0.1, -0.05) is 35.9 Å². The summed E-state index contributed by atoms with van der Waals surface area (Å²) in [5.41, 5.74) is 0.379. The van der Waals surface area contributed by atoms with Gasteiger partial charge in [0.25, 0.3) is 0 Å². The highest BCUT2D eigenvalue weighted by Gasteiger charge is 2.64. The van der Waals surface area contributed by atoms with Crippen molar-refractivity contribution in [2.24, 2.45) is 11.8 Å². The van der Waals surface area contributed by atoms with Gasteiger partial charge in [0, 0.05) is 5.02 Å². The lowest BCUT2D eigenvalue weighted by atomic mass is 9.90. The fraction of sp³-hybridized carbons (Fsp3) is 0.381. The third-order valence-electron chi connectivity index (χ3n) is 6.01. The van der Waals surface area contributed by atoms with Crippen molar-refractivity contribution < 1.29 is 18.3 Å². The second kappa shape index (κ2) is 7.72. The van der Waals surface area contributed by atoms with E-state index in [4.69, 9.17) is 11.6 Å². The summed E-state index contributed by atoms with van der Waals surface area (Å²) in [7, 11) is -3.95. The number of halogens is 1. The van der Waals surface area contributed by atoms with Gasteiger partial charge in [0.1, 0.15) is 5.54 Å². The van der Waals surface area contributed by atoms with Crippen LogP contribution in [0.3, 0.4) is 0 Å². The van der Waals surface area contributed by atoms with Crippen LogP contribution in [0.4, 0.5) is 0 Å². The van der Waals surface area contributed by atoms with Crippen LogP contribution < -0.4 is 10.0 Å². The Hall–Kier alpha value is -1.93. The molecule has 3 N–H and O–H groups in total. The van der Waals surface area contributed by atoms with Gasteiger partial charge in [-0.3, -0.25) is 4.79 Å². The Bertz CT molecular complexity index is 1000. The van der Waals surface area contributed by atoms with Crippen molar-refractivity contribution in [3.63, 3.8) is 0 Å². The Morgan fingerprint density at radius 3 is 2.14 bits per heavy atom. The number of aliphatic carboxylic acids is 1. The number of sulfonamides is 1. The van der Waals surface area contributed by atoms with Crippen LogP contribution in [0.2, 0.25) is 5.02 Å². The van der Waals surface area contributed by atoms with E-state index in [9.17, 15) is 18.3 Å². The van der Waals surface area contributed by atoms with Crippen molar-refractivity contribution in [3.05, 3.63) is 53.6 Å². The van der Waals surface area contributed by atoms with Gasteiger partial charge in [0.15, 0.2) is 0 Å². The van der Waals surface area contributed by atoms with Crippen LogP contribution in [0.1, 0.15) is 19.3 Å². The maximum Gasteiger partial charge on any atom is 0.325 e. The van der Waals surface area contributed by atoms with Crippen LogP contribution >= 0.6 is 11.6 Å². The number of hydrogen-bond donors (Lipinski definition) is 3. The van der Waals surface area contributed by atoms with E-state index in [1.807, 2.05) is 12.1 Å². The van der Waals surface area contributed by atoms with Crippen LogP contribution in [0, 0.1) is 11.8 Å². The summed E-state index contributed by atoms with van der Waals surface area (Å²) in [5.74, 6) is -1.03. The zero-order valence-electron chi connectivity index (χ0n) is 15.8. The van der Waals surface area contributed by atoms with Crippen molar-refractivity contribution >= 4 is 27.6 Å². The molecule has 2 unspecified atom stereocenters. The molecule has 0 amide bonds. The zero-order valence-corrected chi connectivity index (χ0v) is 17.3. The average Bonchev–Trinajstić information content (AvgIpc) is 3.44. The molecule has 1 saturated carbocycles. The molecule has 154 valence electrons. The first-order valence-electron chi connectivity index (χ1n) is 9.66. The van der Waals surface area contributed by atoms with Gasteiger partial charge in [-0.05, 0) is 79.6 Å². The van der Waals surface area contributed by atoms with Crippen LogP contribution in [-0.2, 0) is 14.8 Å². The molecular weight excluding hydrogens is 412 g/mol. The molecule has 1 aliphatic heterocycles. The van der Waals surface area contributed by atoms with E-state index in [1.165, 1.54) is 12.1 Å². The number of hydrogen-bond acceptors (Lipinski definition) is 4. The van der Waals surface area contributed by atoms with Gasteiger partial charge < -0.3 is 10.4 Å². The Balaban J connectivity index is 1.53. The summed E-state index contributed by atoms with van der Waals surface area (Å²) in [6.45, 7) is 1.69. The summed E-state index contributed by atoms with van der Waals surface area (Å²) in [5, 5.41) is 13.7. The Morgan fingerprint density at radius 2 is 1.59 bits per heavy atom. The fourth-order valence-electron chi connectivity index (χ4n) is 4.28. The quantitative estimate of drug-likeness (QED) is 0.649. The average molecular weight is 435 g/mol. The molecule has 2 atom stereocenters. The van der Waals surface area contributed by atoms with E-state index in [0.29, 0.717) is 11.4 Å². The molecule has 0 bridgehead atoms. The number of carbonyl (C=O) groups is 1. The lowest BCUT2D eigenvalue weighted by Crippen LogP contribution is -2.46. The predicted molar refractivity (Wildman–Crippen MR) is 111 cm³/mol. The highest BCUT2D eigenvalue weighted by Crippen LogP contribution is 2.52. The molecule has 8 heteroatoms. The number of rotatable bonds is 6. The number of carboxylic acid groups (broad SMARTS) is 1. The summed E-state index contributed by atoms with van der Waals surface area (Å²) < 4.78 is 28.3. The monoisotopic (exact) mass is 434 g/mol. The van der Waals surface area contributed by atoms with E-state index in [0.717, 1.165) is 37.1 Å². The van der Waals surface area contributed by atoms with Crippen LogP contribution in [0.15, 0.2) is 53.4 Å². The third-order valence-corrected chi connectivity index (χ3v) is 7.79. The Kier molecular flexibility index (Phi) is 5.42. The molecule has 2 aliphatic rings. The maximum atomic E-state index is 12.9. The second-order valence-corrected chi connectivity index (χ2v) is 9.93. The highest BCUT2D eigenvalue weighted by molar-refractivity contribution is 7.89. The first-order chi connectivity index (χ1) is 13.8. The fourth-order valence-corrected chi connectivity index (χ4v) is 5.82. The van der Waals surface area contributed by atoms with Gasteiger partial charge in [0.05, 0.1) is 4.90 Å². The third kappa shape index (κ3) is 4.05. The summed E-state index contributed by atoms with van der Waals surface area (Å²) >= 11 is 5.91. The Morgan fingerprint density at radius 1 is 1.03 bits per heavy atom. The first kappa shape index (κ1) is 20.3. The standard InChI is InChI=1S/C21H23ClN2O4S/c22-17-5-1-14(2-6-17)15-3-7-18(8-4-15)29(27,28)24-21(20(25)26)13-19(21)16-9-11-23-12-10-16/h1-8,16,19,23-24H,9-13H2,(H,25,26). The SMILES string of the molecule is O=C(O)C1(NS(=O)(=O)c2ccc(-c3ccc(Cl)cc3)cc2)CC1C1CCNCC1. The minimum atomic E-state index is -3.95. The molecule has 29 heavy (non-hydrogen) atoms. The molecule has 6 nitrogen and oxygen atoms in total. The number of benzene rings is 2. The molecule has 1 saturated heterocycles. The van der Waals surface area contributed by atoms with Gasteiger partial charge in [0.2, 0.25) is 10.0 Å². The molecular formula is C21H23ClN2O4S. The molecule has 4 rings (SSSR count). The highest BCUT2D eigenvalue weighted by atomic mass is 35.5. The molecule has 0 aromatic heterocycles. The largest absolute Gasteiger partial charge is 0.480 e. The lowest BCUT2D eigenvalue weighted by Gasteiger charge is -2.25. The smallest absolute Gasteiger partial charge is 0.325 e. The van der Waals surface area contributed by atoms with Gasteiger partial charge >= 0.3 is 5.97 Å². The first-order valence-corrected chi connectivity index (χ1v) is 11.5. The number of carboxylic acids is 1. The molecule has 2 aromatic rings. The molecule has 1 aliphatic carbocycles. The topological polar surface area (TPSA) is 95.5 Å². The van der Waals surface area contributed by atoms with Gasteiger partial charge in [-0.25, -0.2) is 8.42 Å². The second-order valence-electron chi connectivity index (χ2n) is 7.81. The van der Waals surface area contributed by atoms with Gasteiger partial charge in [-0.15, -0.1) is 0 Å². The molecule has 1 heterocycles. The van der Waals surface area contributed by atoms with Crippen LogP contribution in [0.5, 0.6) is 0 Å². The van der Waals surface area contributed by atoms with Crippen molar-refractivity contribution in [3.8, 4) is 11.1 Å². The van der Waals surface area contributed by atoms with Gasteiger partial charge in [-0.2, -0.15) is 4.72 Å². The van der Waals surface area contributed by atoms with Crippen molar-refractivity contribution in [1.29, 1.82) is 0 Å². The minimum Gasteiger partial charge on any atom is -0.480 e.